The van der Waals surface area contributed by atoms with Crippen LogP contribution in [0.5, 0.6) is 0 Å². The Morgan fingerprint density at radius 2 is 2.19 bits per heavy atom. The molecule has 0 spiro atoms. The molecule has 3 atom stereocenters. The standard InChI is InChI=1S/C17H23FN2O/c1-11-9-15(11)17(21)19-14-4-3-7-20(10-14)16-6-5-13(18)8-12(16)2/h5-6,8,11,14-15H,3-4,7,9-10H2,1-2H3,(H,19,21). The molecule has 1 saturated heterocycles. The molecule has 0 aromatic heterocycles. The van der Waals surface area contributed by atoms with Gasteiger partial charge in [0.25, 0.3) is 0 Å². The van der Waals surface area contributed by atoms with Gasteiger partial charge in [-0.15, -0.1) is 0 Å². The number of benzene rings is 1. The number of nitrogens with one attached hydrogen (secondary N) is 1. The summed E-state index contributed by atoms with van der Waals surface area (Å²) in [5, 5.41) is 3.19. The molecule has 1 aliphatic heterocycles. The summed E-state index contributed by atoms with van der Waals surface area (Å²) in [6.45, 7) is 5.85. The molecule has 0 bridgehead atoms. The van der Waals surface area contributed by atoms with E-state index in [0.29, 0.717) is 5.92 Å². The molecule has 1 N–H and O–H groups in total. The molecule has 2 fully saturated rings. The zero-order chi connectivity index (χ0) is 15.0. The Kier molecular flexibility index (Phi) is 3.87. The van der Waals surface area contributed by atoms with E-state index >= 15 is 0 Å². The van der Waals surface area contributed by atoms with Crippen molar-refractivity contribution >= 4 is 11.6 Å². The number of halogens is 1. The fraction of sp³-hybridized carbons (Fsp3) is 0.588. The van der Waals surface area contributed by atoms with Crippen LogP contribution in [0.4, 0.5) is 10.1 Å². The highest BCUT2D eigenvalue weighted by molar-refractivity contribution is 5.81. The summed E-state index contributed by atoms with van der Waals surface area (Å²) in [4.78, 5) is 14.3. The van der Waals surface area contributed by atoms with Crippen molar-refractivity contribution in [1.82, 2.24) is 5.32 Å². The van der Waals surface area contributed by atoms with Crippen molar-refractivity contribution in [3.05, 3.63) is 29.6 Å². The van der Waals surface area contributed by atoms with Crippen LogP contribution in [0.25, 0.3) is 0 Å². The Bertz CT molecular complexity index is 546. The predicted molar refractivity (Wildman–Crippen MR) is 81.8 cm³/mol. The van der Waals surface area contributed by atoms with Crippen LogP contribution in [-0.2, 0) is 4.79 Å². The monoisotopic (exact) mass is 290 g/mol. The van der Waals surface area contributed by atoms with Gasteiger partial charge in [0.15, 0.2) is 0 Å². The molecular formula is C17H23FN2O. The van der Waals surface area contributed by atoms with Gasteiger partial charge in [0.05, 0.1) is 0 Å². The summed E-state index contributed by atoms with van der Waals surface area (Å²) >= 11 is 0. The zero-order valence-corrected chi connectivity index (χ0v) is 12.7. The lowest BCUT2D eigenvalue weighted by atomic mass is 10.0. The Labute approximate surface area is 125 Å². The van der Waals surface area contributed by atoms with Crippen LogP contribution >= 0.6 is 0 Å². The number of piperidine rings is 1. The lowest BCUT2D eigenvalue weighted by molar-refractivity contribution is -0.123. The summed E-state index contributed by atoms with van der Waals surface area (Å²) in [5.74, 6) is 0.794. The highest BCUT2D eigenvalue weighted by Crippen LogP contribution is 2.38. The molecule has 1 aromatic rings. The van der Waals surface area contributed by atoms with Crippen LogP contribution in [0, 0.1) is 24.6 Å². The quantitative estimate of drug-likeness (QED) is 0.928. The minimum atomic E-state index is -0.194. The van der Waals surface area contributed by atoms with Gasteiger partial charge in [-0.2, -0.15) is 0 Å². The first-order valence-corrected chi connectivity index (χ1v) is 7.86. The van der Waals surface area contributed by atoms with Gasteiger partial charge < -0.3 is 10.2 Å². The zero-order valence-electron chi connectivity index (χ0n) is 12.7. The summed E-state index contributed by atoms with van der Waals surface area (Å²) in [6.07, 6.45) is 3.12. The van der Waals surface area contributed by atoms with Crippen LogP contribution < -0.4 is 10.2 Å². The molecule has 114 valence electrons. The topological polar surface area (TPSA) is 32.3 Å². The number of anilines is 1. The Morgan fingerprint density at radius 1 is 1.43 bits per heavy atom. The van der Waals surface area contributed by atoms with Gasteiger partial charge in [0.2, 0.25) is 5.91 Å². The van der Waals surface area contributed by atoms with Crippen molar-refractivity contribution in [3.8, 4) is 0 Å². The fourth-order valence-electron chi connectivity index (χ4n) is 3.28. The first-order valence-electron chi connectivity index (χ1n) is 7.86. The minimum absolute atomic E-state index is 0.194. The van der Waals surface area contributed by atoms with Gasteiger partial charge in [0, 0.05) is 30.7 Å². The average molecular weight is 290 g/mol. The van der Waals surface area contributed by atoms with Gasteiger partial charge >= 0.3 is 0 Å². The van der Waals surface area contributed by atoms with Crippen LogP contribution in [0.3, 0.4) is 0 Å². The molecule has 1 heterocycles. The number of amides is 1. The smallest absolute Gasteiger partial charge is 0.223 e. The lowest BCUT2D eigenvalue weighted by Gasteiger charge is -2.35. The highest BCUT2D eigenvalue weighted by Gasteiger charge is 2.40. The van der Waals surface area contributed by atoms with Gasteiger partial charge in [-0.25, -0.2) is 4.39 Å². The van der Waals surface area contributed by atoms with Crippen molar-refractivity contribution in [3.63, 3.8) is 0 Å². The van der Waals surface area contributed by atoms with Crippen LogP contribution in [0.15, 0.2) is 18.2 Å². The lowest BCUT2D eigenvalue weighted by Crippen LogP contribution is -2.48. The second-order valence-corrected chi connectivity index (χ2v) is 6.54. The van der Waals surface area contributed by atoms with Crippen LogP contribution in [-0.4, -0.2) is 25.0 Å². The van der Waals surface area contributed by atoms with Gasteiger partial charge in [-0.3, -0.25) is 4.79 Å². The van der Waals surface area contributed by atoms with Gasteiger partial charge in [-0.1, -0.05) is 6.92 Å². The first kappa shape index (κ1) is 14.4. The second kappa shape index (κ2) is 5.66. The van der Waals surface area contributed by atoms with Crippen molar-refractivity contribution in [2.45, 2.75) is 39.2 Å². The number of aryl methyl sites for hydroxylation is 1. The highest BCUT2D eigenvalue weighted by atomic mass is 19.1. The summed E-state index contributed by atoms with van der Waals surface area (Å²) in [5.41, 5.74) is 2.04. The summed E-state index contributed by atoms with van der Waals surface area (Å²) in [6, 6.07) is 5.14. The van der Waals surface area contributed by atoms with Crippen molar-refractivity contribution < 1.29 is 9.18 Å². The van der Waals surface area contributed by atoms with E-state index in [4.69, 9.17) is 0 Å². The molecule has 3 unspecified atom stereocenters. The number of hydrogen-bond donors (Lipinski definition) is 1. The number of nitrogens with zero attached hydrogens (tertiary/aromatic N) is 1. The molecule has 4 heteroatoms. The largest absolute Gasteiger partial charge is 0.369 e. The van der Waals surface area contributed by atoms with Gasteiger partial charge in [-0.05, 0) is 55.9 Å². The number of hydrogen-bond acceptors (Lipinski definition) is 2. The molecule has 0 radical (unpaired) electrons. The maximum absolute atomic E-state index is 13.2. The third-order valence-corrected chi connectivity index (χ3v) is 4.71. The average Bonchev–Trinajstić information content (AvgIpc) is 3.16. The van der Waals surface area contributed by atoms with E-state index in [1.807, 2.05) is 13.0 Å². The predicted octanol–water partition coefficient (Wildman–Crippen LogP) is 2.88. The molecule has 1 saturated carbocycles. The van der Waals surface area contributed by atoms with E-state index in [2.05, 4.69) is 17.1 Å². The Balaban J connectivity index is 1.63. The van der Waals surface area contributed by atoms with E-state index < -0.39 is 0 Å². The number of rotatable bonds is 3. The van der Waals surface area contributed by atoms with Crippen molar-refractivity contribution in [2.24, 2.45) is 11.8 Å². The summed E-state index contributed by atoms with van der Waals surface area (Å²) in [7, 11) is 0. The SMILES string of the molecule is Cc1cc(F)ccc1N1CCCC(NC(=O)C2CC2C)C1. The molecule has 1 amide bonds. The molecule has 3 rings (SSSR count). The third kappa shape index (κ3) is 3.20. The fourth-order valence-corrected chi connectivity index (χ4v) is 3.28. The van der Waals surface area contributed by atoms with E-state index in [1.165, 1.54) is 6.07 Å². The Morgan fingerprint density at radius 3 is 2.86 bits per heavy atom. The number of carbonyl (C=O) groups is 1. The van der Waals surface area contributed by atoms with E-state index in [9.17, 15) is 9.18 Å². The van der Waals surface area contributed by atoms with Gasteiger partial charge in [0.1, 0.15) is 5.82 Å². The molecule has 3 nitrogen and oxygen atoms in total. The van der Waals surface area contributed by atoms with Crippen molar-refractivity contribution in [2.75, 3.05) is 18.0 Å². The summed E-state index contributed by atoms with van der Waals surface area (Å²) < 4.78 is 13.2. The maximum Gasteiger partial charge on any atom is 0.223 e. The molecule has 1 aromatic carbocycles. The molecular weight excluding hydrogens is 267 g/mol. The Hall–Kier alpha value is -1.58. The van der Waals surface area contributed by atoms with E-state index in [0.717, 1.165) is 43.6 Å². The van der Waals surface area contributed by atoms with Crippen molar-refractivity contribution in [1.29, 1.82) is 0 Å². The maximum atomic E-state index is 13.2. The molecule has 1 aliphatic carbocycles. The third-order valence-electron chi connectivity index (χ3n) is 4.71. The van der Waals surface area contributed by atoms with Crippen LogP contribution in [0.1, 0.15) is 31.7 Å². The van der Waals surface area contributed by atoms with E-state index in [1.54, 1.807) is 6.07 Å². The second-order valence-electron chi connectivity index (χ2n) is 6.54. The normalized spacial score (nSPS) is 28.3. The van der Waals surface area contributed by atoms with E-state index in [-0.39, 0.29) is 23.7 Å². The molecule has 2 aliphatic rings. The first-order chi connectivity index (χ1) is 10.0. The molecule has 21 heavy (non-hydrogen) atoms. The number of carbonyl (C=O) groups excluding carboxylic acids is 1. The van der Waals surface area contributed by atoms with Crippen LogP contribution in [0.2, 0.25) is 0 Å². The minimum Gasteiger partial charge on any atom is -0.369 e.